The summed E-state index contributed by atoms with van der Waals surface area (Å²) in [5.74, 6) is -5.65. The zero-order chi connectivity index (χ0) is 22.6. The Morgan fingerprint density at radius 2 is 0.778 bits per heavy atom. The van der Waals surface area contributed by atoms with Gasteiger partial charge in [-0.3, -0.25) is 0 Å². The predicted molar refractivity (Wildman–Crippen MR) is 53.2 cm³/mol. The minimum absolute atomic E-state index is 0. The van der Waals surface area contributed by atoms with Crippen LogP contribution in [0.2, 0.25) is 0 Å². The van der Waals surface area contributed by atoms with E-state index < -0.39 is 49.7 Å². The van der Waals surface area contributed by atoms with Crippen LogP contribution in [-0.4, -0.2) is 72.8 Å². The van der Waals surface area contributed by atoms with E-state index in [0.717, 1.165) is 0 Å². The largest absolute Gasteiger partial charge is 3.00 e. The second kappa shape index (κ2) is 10.3. The van der Waals surface area contributed by atoms with E-state index in [1.807, 2.05) is 0 Å². The topological polar surface area (TPSA) is 137 Å². The summed E-state index contributed by atoms with van der Waals surface area (Å²) in [6, 6.07) is 0. The van der Waals surface area contributed by atoms with Crippen LogP contribution < -0.4 is 5.11 Å². The third kappa shape index (κ3) is 13.3. The van der Waals surface area contributed by atoms with Crippen molar-refractivity contribution in [1.82, 2.24) is 0 Å². The van der Waals surface area contributed by atoms with Crippen molar-refractivity contribution >= 4 is 37.6 Å². The van der Waals surface area contributed by atoms with Crippen LogP contribution in [0.1, 0.15) is 0 Å². The zero-order valence-electron chi connectivity index (χ0n) is 11.4. The van der Waals surface area contributed by atoms with Gasteiger partial charge in [-0.2, -0.15) is 39.5 Å². The summed E-state index contributed by atoms with van der Waals surface area (Å²) >= 11 is 0. The van der Waals surface area contributed by atoms with E-state index in [2.05, 4.69) is 0 Å². The van der Waals surface area contributed by atoms with E-state index in [0.29, 0.717) is 0 Å². The quantitative estimate of drug-likeness (QED) is 0.226. The van der Waals surface area contributed by atoms with Gasteiger partial charge in [-0.25, -0.2) is 30.0 Å². The molecular formula is C5HAlF12O7S2. The van der Waals surface area contributed by atoms with Gasteiger partial charge in [-0.05, 0) is 0 Å². The molecule has 0 aromatic carbocycles. The van der Waals surface area contributed by atoms with Gasteiger partial charge in [0, 0.05) is 0 Å². The Hall–Kier alpha value is -0.528. The molecule has 0 heterocycles. The molecule has 0 bridgehead atoms. The van der Waals surface area contributed by atoms with E-state index in [4.69, 9.17) is 25.9 Å². The molecule has 0 rings (SSSR count). The van der Waals surface area contributed by atoms with Gasteiger partial charge in [-0.1, -0.05) is 0 Å². The number of halogens is 12. The van der Waals surface area contributed by atoms with Crippen LogP contribution in [-0.2, 0) is 20.2 Å². The molecule has 0 aromatic rings. The molecule has 0 aliphatic carbocycles. The first kappa shape index (κ1) is 34.0. The third-order valence-electron chi connectivity index (χ3n) is 1.23. The Bertz CT molecular complexity index is 589. The summed E-state index contributed by atoms with van der Waals surface area (Å²) in [5.41, 5.74) is -11.3. The minimum atomic E-state index is -6.09. The first-order valence-electron chi connectivity index (χ1n) is 4.48. The molecule has 162 valence electrons. The van der Waals surface area contributed by atoms with Crippen LogP contribution in [0.3, 0.4) is 0 Å². The third-order valence-corrected chi connectivity index (χ3v) is 2.37. The Labute approximate surface area is 151 Å². The maximum atomic E-state index is 11.3. The Morgan fingerprint density at radius 1 is 0.630 bits per heavy atom. The van der Waals surface area contributed by atoms with Crippen molar-refractivity contribution in [3.05, 3.63) is 0 Å². The number of hydrogen-bond acceptors (Lipinski definition) is 7. The van der Waals surface area contributed by atoms with Gasteiger partial charge < -0.3 is 14.2 Å². The monoisotopic (exact) mass is 492 g/mol. The first-order chi connectivity index (χ1) is 10.7. The maximum absolute atomic E-state index is 11.3. The van der Waals surface area contributed by atoms with Crippen LogP contribution in [0.4, 0.5) is 52.7 Å². The smallest absolute Gasteiger partial charge is 0.813 e. The van der Waals surface area contributed by atoms with Gasteiger partial charge in [0.2, 0.25) is 0 Å². The molecular weight excluding hydrogens is 491 g/mol. The Morgan fingerprint density at radius 3 is 0.778 bits per heavy atom. The van der Waals surface area contributed by atoms with Crippen molar-refractivity contribution in [2.75, 3.05) is 0 Å². The average Bonchev–Trinajstić information content (AvgIpc) is 2.22. The fraction of sp³-hybridized carbons (Fsp3) is 1.00. The molecule has 0 saturated carbocycles. The molecule has 0 saturated heterocycles. The van der Waals surface area contributed by atoms with Crippen LogP contribution in [0, 0.1) is 0 Å². The van der Waals surface area contributed by atoms with Gasteiger partial charge in [0.05, 0.1) is 0 Å². The van der Waals surface area contributed by atoms with E-state index >= 15 is 0 Å². The molecule has 7 nitrogen and oxygen atoms in total. The van der Waals surface area contributed by atoms with Crippen molar-refractivity contribution in [3.63, 3.8) is 0 Å². The second-order valence-electron chi connectivity index (χ2n) is 3.24. The fourth-order valence-corrected chi connectivity index (χ4v) is 0.124. The number of alkyl halides is 12. The molecule has 0 amide bonds. The molecule has 1 atom stereocenters. The molecule has 0 aromatic heterocycles. The van der Waals surface area contributed by atoms with Gasteiger partial charge >= 0.3 is 34.6 Å². The summed E-state index contributed by atoms with van der Waals surface area (Å²) in [7, 11) is -12.2. The summed E-state index contributed by atoms with van der Waals surface area (Å²) < 4.78 is 184. The predicted octanol–water partition coefficient (Wildman–Crippen LogP) is 0.562. The van der Waals surface area contributed by atoms with Crippen molar-refractivity contribution in [2.45, 2.75) is 29.5 Å². The van der Waals surface area contributed by atoms with Crippen molar-refractivity contribution in [2.24, 2.45) is 0 Å². The summed E-state index contributed by atoms with van der Waals surface area (Å²) in [6.45, 7) is 0. The van der Waals surface area contributed by atoms with E-state index in [1.165, 1.54) is 0 Å². The number of rotatable bonds is 1. The van der Waals surface area contributed by atoms with E-state index in [-0.39, 0.29) is 17.4 Å². The van der Waals surface area contributed by atoms with Gasteiger partial charge in [0.25, 0.3) is 6.43 Å². The van der Waals surface area contributed by atoms with E-state index in [9.17, 15) is 57.8 Å². The molecule has 0 N–H and O–H groups in total. The minimum Gasteiger partial charge on any atom is -0.813 e. The summed E-state index contributed by atoms with van der Waals surface area (Å²) in [6.07, 6.45) is -10.6. The molecule has 22 heteroatoms. The van der Waals surface area contributed by atoms with Crippen LogP contribution in [0.5, 0.6) is 0 Å². The standard InChI is InChI=1S/C3HF6O.2CHF3O3S.Al/c4-1(5)2(6,10)3(7,8)9;2*2-1(3,4)8(5,6)7;/h1H;2*(H,5,6,7);/q-1;;;+3/p-2. The zero-order valence-corrected chi connectivity index (χ0v) is 14.2. The first-order valence-corrected chi connectivity index (χ1v) is 7.29. The van der Waals surface area contributed by atoms with Crippen molar-refractivity contribution in [1.29, 1.82) is 0 Å². The average molecular weight is 492 g/mol. The van der Waals surface area contributed by atoms with Gasteiger partial charge in [-0.15, -0.1) is 0 Å². The molecule has 1 unspecified atom stereocenters. The molecule has 0 spiro atoms. The second-order valence-corrected chi connectivity index (χ2v) is 5.99. The molecule has 0 radical (unpaired) electrons. The summed E-state index contributed by atoms with van der Waals surface area (Å²) in [5, 5.41) is 9.28. The van der Waals surface area contributed by atoms with Crippen LogP contribution in [0.15, 0.2) is 0 Å². The van der Waals surface area contributed by atoms with Gasteiger partial charge in [0.1, 0.15) is 0 Å². The molecule has 0 fully saturated rings. The normalized spacial score (nSPS) is 15.4. The van der Waals surface area contributed by atoms with E-state index in [1.54, 1.807) is 0 Å². The van der Waals surface area contributed by atoms with Crippen molar-refractivity contribution in [3.8, 4) is 0 Å². The van der Waals surface area contributed by atoms with Gasteiger partial charge in [0.15, 0.2) is 26.1 Å². The Kier molecular flexibility index (Phi) is 13.0. The molecule has 27 heavy (non-hydrogen) atoms. The fourth-order valence-electron chi connectivity index (χ4n) is 0.124. The molecule has 0 aliphatic rings. The maximum Gasteiger partial charge on any atom is 3.00 e. The van der Waals surface area contributed by atoms with Crippen LogP contribution in [0.25, 0.3) is 0 Å². The number of hydrogen-bond donors (Lipinski definition) is 0. The summed E-state index contributed by atoms with van der Waals surface area (Å²) in [4.78, 5) is 0. The molecule has 0 aliphatic heterocycles. The van der Waals surface area contributed by atoms with Crippen LogP contribution >= 0.6 is 0 Å². The van der Waals surface area contributed by atoms with Crippen molar-refractivity contribution < 1.29 is 83.7 Å². The Balaban J connectivity index is -0.000000146. The SMILES string of the molecule is O=S(=O)([O-])C(F)(F)F.O=S(=O)([O-])C(F)(F)F.[Al+3].[O-]C(F)(C(F)F)C(F)(F)F.